The SMILES string of the molecule is CC1C=Cc2c1cccc2[N+]1(C)C=CN=C1. The average molecular weight is 211 g/mol. The minimum atomic E-state index is 0.532. The molecule has 1 aliphatic carbocycles. The van der Waals surface area contributed by atoms with Crippen molar-refractivity contribution in [2.75, 3.05) is 7.05 Å². The van der Waals surface area contributed by atoms with Gasteiger partial charge in [0.15, 0.2) is 12.0 Å². The second-order valence-corrected chi connectivity index (χ2v) is 4.64. The lowest BCUT2D eigenvalue weighted by Gasteiger charge is -2.23. The van der Waals surface area contributed by atoms with Crippen LogP contribution in [0.15, 0.2) is 41.7 Å². The van der Waals surface area contributed by atoms with Gasteiger partial charge in [-0.1, -0.05) is 31.2 Å². The predicted octanol–water partition coefficient (Wildman–Crippen LogP) is 3.27. The highest BCUT2D eigenvalue weighted by molar-refractivity contribution is 5.84. The predicted molar refractivity (Wildman–Crippen MR) is 69.2 cm³/mol. The van der Waals surface area contributed by atoms with Crippen molar-refractivity contribution in [2.45, 2.75) is 12.8 Å². The number of fused-ring (bicyclic) bond motifs is 1. The summed E-state index contributed by atoms with van der Waals surface area (Å²) in [5.41, 5.74) is 4.08. The topological polar surface area (TPSA) is 12.4 Å². The summed E-state index contributed by atoms with van der Waals surface area (Å²) < 4.78 is 0.667. The molecule has 0 aromatic heterocycles. The van der Waals surface area contributed by atoms with E-state index in [1.165, 1.54) is 16.8 Å². The molecule has 2 aliphatic rings. The van der Waals surface area contributed by atoms with Gasteiger partial charge in [-0.25, -0.2) is 9.48 Å². The van der Waals surface area contributed by atoms with Crippen LogP contribution in [-0.4, -0.2) is 13.4 Å². The van der Waals surface area contributed by atoms with Crippen LogP contribution >= 0.6 is 0 Å². The van der Waals surface area contributed by atoms with E-state index in [0.717, 1.165) is 0 Å². The van der Waals surface area contributed by atoms with Crippen molar-refractivity contribution in [1.82, 2.24) is 4.48 Å². The normalized spacial score (nSPS) is 30.0. The maximum atomic E-state index is 4.20. The third kappa shape index (κ3) is 1.20. The van der Waals surface area contributed by atoms with E-state index in [-0.39, 0.29) is 0 Å². The van der Waals surface area contributed by atoms with E-state index >= 15 is 0 Å². The lowest BCUT2D eigenvalue weighted by molar-refractivity contribution is 0.682. The molecule has 1 aromatic rings. The summed E-state index contributed by atoms with van der Waals surface area (Å²) in [4.78, 5) is 4.20. The summed E-state index contributed by atoms with van der Waals surface area (Å²) in [7, 11) is 2.15. The molecule has 0 bridgehead atoms. The minimum Gasteiger partial charge on any atom is -0.223 e. The highest BCUT2D eigenvalue weighted by Crippen LogP contribution is 2.38. The zero-order valence-corrected chi connectivity index (χ0v) is 9.59. The Kier molecular flexibility index (Phi) is 1.88. The monoisotopic (exact) mass is 211 g/mol. The molecule has 2 unspecified atom stereocenters. The number of hydrogen-bond donors (Lipinski definition) is 0. The Balaban J connectivity index is 2.20. The largest absolute Gasteiger partial charge is 0.223 e. The van der Waals surface area contributed by atoms with E-state index < -0.39 is 0 Å². The van der Waals surface area contributed by atoms with Crippen LogP contribution in [0.1, 0.15) is 24.0 Å². The maximum Gasteiger partial charge on any atom is 0.199 e. The van der Waals surface area contributed by atoms with Crippen LogP contribution in [0.5, 0.6) is 0 Å². The van der Waals surface area contributed by atoms with Crippen molar-refractivity contribution >= 4 is 18.1 Å². The third-order valence-electron chi connectivity index (χ3n) is 3.45. The van der Waals surface area contributed by atoms with E-state index in [9.17, 15) is 0 Å². The van der Waals surface area contributed by atoms with Crippen molar-refractivity contribution < 1.29 is 0 Å². The van der Waals surface area contributed by atoms with Gasteiger partial charge in [0, 0.05) is 17.5 Å². The number of hydrogen-bond acceptors (Lipinski definition) is 1. The Morgan fingerprint density at radius 3 is 2.94 bits per heavy atom. The quantitative estimate of drug-likeness (QED) is 0.632. The molecule has 2 atom stereocenters. The van der Waals surface area contributed by atoms with Gasteiger partial charge in [0.05, 0.1) is 13.2 Å². The van der Waals surface area contributed by atoms with Gasteiger partial charge in [0.1, 0.15) is 6.20 Å². The first-order valence-electron chi connectivity index (χ1n) is 5.60. The van der Waals surface area contributed by atoms with Crippen molar-refractivity contribution in [3.8, 4) is 0 Å². The molecule has 0 amide bonds. The number of aliphatic imine (C=N–C) groups is 1. The molecule has 16 heavy (non-hydrogen) atoms. The first-order chi connectivity index (χ1) is 7.71. The van der Waals surface area contributed by atoms with Crippen LogP contribution < -0.4 is 4.48 Å². The summed E-state index contributed by atoms with van der Waals surface area (Å²) in [6.45, 7) is 2.24. The molecular weight excluding hydrogens is 196 g/mol. The maximum absolute atomic E-state index is 4.20. The van der Waals surface area contributed by atoms with E-state index in [0.29, 0.717) is 10.4 Å². The molecule has 0 radical (unpaired) electrons. The van der Waals surface area contributed by atoms with Gasteiger partial charge in [-0.15, -0.1) is 0 Å². The Morgan fingerprint density at radius 1 is 1.31 bits per heavy atom. The number of nitrogens with zero attached hydrogens (tertiary/aromatic N) is 2. The van der Waals surface area contributed by atoms with Crippen LogP contribution in [0.25, 0.3) is 6.08 Å². The van der Waals surface area contributed by atoms with Gasteiger partial charge in [0.2, 0.25) is 0 Å². The molecule has 1 aromatic carbocycles. The lowest BCUT2D eigenvalue weighted by atomic mass is 10.0. The first-order valence-corrected chi connectivity index (χ1v) is 5.60. The Hall–Kier alpha value is -1.67. The minimum absolute atomic E-state index is 0.532. The van der Waals surface area contributed by atoms with Crippen molar-refractivity contribution in [3.63, 3.8) is 0 Å². The lowest BCUT2D eigenvalue weighted by Crippen LogP contribution is -2.36. The summed E-state index contributed by atoms with van der Waals surface area (Å²) in [6.07, 6.45) is 10.4. The zero-order valence-electron chi connectivity index (χ0n) is 9.59. The average Bonchev–Trinajstić information content (AvgIpc) is 2.87. The van der Waals surface area contributed by atoms with Gasteiger partial charge in [-0.05, 0) is 5.56 Å². The summed E-state index contributed by atoms with van der Waals surface area (Å²) in [5.74, 6) is 0.532. The summed E-state index contributed by atoms with van der Waals surface area (Å²) >= 11 is 0. The van der Waals surface area contributed by atoms with E-state index in [2.05, 4.69) is 55.5 Å². The highest BCUT2D eigenvalue weighted by Gasteiger charge is 2.29. The van der Waals surface area contributed by atoms with Gasteiger partial charge in [-0.2, -0.15) is 0 Å². The molecule has 0 saturated heterocycles. The van der Waals surface area contributed by atoms with Crippen molar-refractivity contribution in [2.24, 2.45) is 4.99 Å². The van der Waals surface area contributed by atoms with E-state index in [1.54, 1.807) is 0 Å². The van der Waals surface area contributed by atoms with Crippen LogP contribution in [0.2, 0.25) is 0 Å². The second kappa shape index (κ2) is 3.16. The molecule has 2 heteroatoms. The highest BCUT2D eigenvalue weighted by atomic mass is 15.4. The van der Waals surface area contributed by atoms with Crippen molar-refractivity contribution in [1.29, 1.82) is 0 Å². The van der Waals surface area contributed by atoms with Gasteiger partial charge < -0.3 is 0 Å². The van der Waals surface area contributed by atoms with Crippen LogP contribution in [0, 0.1) is 0 Å². The second-order valence-electron chi connectivity index (χ2n) is 4.64. The molecule has 0 N–H and O–H groups in total. The molecule has 1 aliphatic heterocycles. The third-order valence-corrected chi connectivity index (χ3v) is 3.45. The van der Waals surface area contributed by atoms with Crippen LogP contribution in [-0.2, 0) is 0 Å². The standard InChI is InChI=1S/C14H15N2/c1-11-6-7-13-12(11)4-3-5-14(13)16(2)9-8-15-10-16/h3-11H,1-2H3/q+1. The van der Waals surface area contributed by atoms with Crippen LogP contribution in [0.4, 0.5) is 5.69 Å². The molecule has 0 fully saturated rings. The molecule has 2 nitrogen and oxygen atoms in total. The summed E-state index contributed by atoms with van der Waals surface area (Å²) in [6, 6.07) is 6.54. The smallest absolute Gasteiger partial charge is 0.199 e. The number of benzene rings is 1. The first kappa shape index (κ1) is 9.55. The number of quaternary nitrogens is 1. The fourth-order valence-corrected chi connectivity index (χ4v) is 2.45. The van der Waals surface area contributed by atoms with Gasteiger partial charge in [0.25, 0.3) is 0 Å². The summed E-state index contributed by atoms with van der Waals surface area (Å²) in [5, 5.41) is 0. The fraction of sp³-hybridized carbons (Fsp3) is 0.214. The Morgan fingerprint density at radius 2 is 2.19 bits per heavy atom. The molecule has 0 saturated carbocycles. The van der Waals surface area contributed by atoms with E-state index in [4.69, 9.17) is 0 Å². The Bertz CT molecular complexity index is 512. The van der Waals surface area contributed by atoms with E-state index in [1.807, 2.05) is 12.5 Å². The Labute approximate surface area is 95.8 Å². The van der Waals surface area contributed by atoms with Gasteiger partial charge in [-0.3, -0.25) is 0 Å². The number of allylic oxidation sites excluding steroid dienone is 1. The van der Waals surface area contributed by atoms with Crippen LogP contribution in [0.3, 0.4) is 0 Å². The molecule has 3 rings (SSSR count). The zero-order chi connectivity index (χ0) is 11.2. The van der Waals surface area contributed by atoms with Gasteiger partial charge >= 0.3 is 0 Å². The fourth-order valence-electron chi connectivity index (χ4n) is 2.45. The molecular formula is C14H15N2+. The molecule has 0 spiro atoms. The molecule has 80 valence electrons. The van der Waals surface area contributed by atoms with Crippen molar-refractivity contribution in [3.05, 3.63) is 47.8 Å². The number of rotatable bonds is 1. The molecule has 1 heterocycles.